The number of nitro groups is 1. The molecule has 0 atom stereocenters. The van der Waals surface area contributed by atoms with Gasteiger partial charge in [-0.25, -0.2) is 0 Å². The van der Waals surface area contributed by atoms with Gasteiger partial charge >= 0.3 is 0 Å². The van der Waals surface area contributed by atoms with Crippen LogP contribution in [0.2, 0.25) is 0 Å². The van der Waals surface area contributed by atoms with Gasteiger partial charge in [0, 0.05) is 28.8 Å². The van der Waals surface area contributed by atoms with Gasteiger partial charge in [0.1, 0.15) is 0 Å². The second-order valence-corrected chi connectivity index (χ2v) is 7.01. The van der Waals surface area contributed by atoms with Gasteiger partial charge in [0.2, 0.25) is 0 Å². The van der Waals surface area contributed by atoms with E-state index in [1.807, 2.05) is 0 Å². The lowest BCUT2D eigenvalue weighted by atomic mass is 9.99. The lowest BCUT2D eigenvalue weighted by Gasteiger charge is -2.29. The van der Waals surface area contributed by atoms with E-state index in [2.05, 4.69) is 0 Å². The zero-order chi connectivity index (χ0) is 19.2. The molecule has 1 aliphatic rings. The Morgan fingerprint density at radius 3 is 2.19 bits per heavy atom. The van der Waals surface area contributed by atoms with E-state index in [4.69, 9.17) is 0 Å². The molecule has 0 saturated carbocycles. The fourth-order valence-electron chi connectivity index (χ4n) is 2.92. The minimum Gasteiger partial charge on any atom is -0.289 e. The number of ketones is 1. The van der Waals surface area contributed by atoms with Crippen LogP contribution in [0.1, 0.15) is 57.4 Å². The molecule has 0 bridgehead atoms. The maximum atomic E-state index is 12.7. The molecule has 2 amide bonds. The van der Waals surface area contributed by atoms with Crippen molar-refractivity contribution in [2.45, 2.75) is 26.3 Å². The fourth-order valence-corrected chi connectivity index (χ4v) is 2.92. The lowest BCUT2D eigenvalue weighted by molar-refractivity contribution is -0.384. The zero-order valence-electron chi connectivity index (χ0n) is 14.5. The number of benzene rings is 2. The van der Waals surface area contributed by atoms with Gasteiger partial charge in [0.25, 0.3) is 17.5 Å². The Hall–Kier alpha value is -3.35. The first-order valence-electron chi connectivity index (χ1n) is 7.93. The molecule has 0 unspecified atom stereocenters. The van der Waals surface area contributed by atoms with E-state index in [1.54, 1.807) is 20.8 Å². The highest BCUT2D eigenvalue weighted by molar-refractivity contribution is 6.23. The van der Waals surface area contributed by atoms with Gasteiger partial charge < -0.3 is 0 Å². The molecule has 0 saturated heterocycles. The minimum absolute atomic E-state index is 0.142. The normalized spacial score (nSPS) is 13.7. The number of non-ortho nitro benzene ring substituents is 1. The van der Waals surface area contributed by atoms with Crippen LogP contribution in [-0.2, 0) is 0 Å². The molecule has 0 aliphatic carbocycles. The van der Waals surface area contributed by atoms with Crippen molar-refractivity contribution in [3.05, 3.63) is 74.8 Å². The van der Waals surface area contributed by atoms with E-state index >= 15 is 0 Å². The molecule has 1 heterocycles. The Bertz CT molecular complexity index is 972. The maximum absolute atomic E-state index is 12.7. The molecule has 2 aromatic carbocycles. The number of carbonyl (C=O) groups excluding carboxylic acids is 3. The number of imide groups is 1. The summed E-state index contributed by atoms with van der Waals surface area (Å²) in [4.78, 5) is 49.2. The van der Waals surface area contributed by atoms with E-state index < -0.39 is 28.1 Å². The smallest absolute Gasteiger partial charge is 0.270 e. The van der Waals surface area contributed by atoms with Crippen LogP contribution in [0.5, 0.6) is 0 Å². The van der Waals surface area contributed by atoms with Crippen LogP contribution in [0.4, 0.5) is 5.69 Å². The molecule has 3 rings (SSSR count). The highest BCUT2D eigenvalue weighted by atomic mass is 16.6. The summed E-state index contributed by atoms with van der Waals surface area (Å²) in [5, 5.41) is 10.9. The van der Waals surface area contributed by atoms with Crippen LogP contribution in [0.25, 0.3) is 0 Å². The second-order valence-electron chi connectivity index (χ2n) is 7.01. The average molecular weight is 352 g/mol. The third-order valence-electron chi connectivity index (χ3n) is 4.14. The van der Waals surface area contributed by atoms with Gasteiger partial charge in [-0.1, -0.05) is 18.2 Å². The number of nitro benzene ring substituents is 1. The highest BCUT2D eigenvalue weighted by Crippen LogP contribution is 2.30. The SMILES string of the molecule is CC(C)(C)N1C(=O)c2ccc(C(=O)c3cccc([N+](=O)[O-])c3)cc2C1=O. The van der Waals surface area contributed by atoms with Gasteiger partial charge in [0.15, 0.2) is 5.78 Å². The average Bonchev–Trinajstić information content (AvgIpc) is 2.84. The van der Waals surface area contributed by atoms with E-state index in [0.717, 1.165) is 0 Å². The van der Waals surface area contributed by atoms with Crippen molar-refractivity contribution >= 4 is 23.3 Å². The first-order chi connectivity index (χ1) is 12.1. The first-order valence-corrected chi connectivity index (χ1v) is 7.93. The number of hydrogen-bond acceptors (Lipinski definition) is 5. The van der Waals surface area contributed by atoms with Crippen molar-refractivity contribution in [2.24, 2.45) is 0 Å². The van der Waals surface area contributed by atoms with Crippen molar-refractivity contribution in [3.63, 3.8) is 0 Å². The quantitative estimate of drug-likeness (QED) is 0.366. The van der Waals surface area contributed by atoms with Gasteiger partial charge in [-0.2, -0.15) is 0 Å². The third-order valence-corrected chi connectivity index (χ3v) is 4.14. The largest absolute Gasteiger partial charge is 0.289 e. The van der Waals surface area contributed by atoms with Gasteiger partial charge in [0.05, 0.1) is 16.1 Å². The molecule has 0 fully saturated rings. The van der Waals surface area contributed by atoms with Crippen molar-refractivity contribution < 1.29 is 19.3 Å². The summed E-state index contributed by atoms with van der Waals surface area (Å²) in [6.07, 6.45) is 0. The molecule has 7 heteroatoms. The number of hydrogen-bond donors (Lipinski definition) is 0. The Morgan fingerprint density at radius 2 is 1.58 bits per heavy atom. The van der Waals surface area contributed by atoms with Crippen LogP contribution in [0.15, 0.2) is 42.5 Å². The molecule has 7 nitrogen and oxygen atoms in total. The minimum atomic E-state index is -0.683. The van der Waals surface area contributed by atoms with Crippen LogP contribution >= 0.6 is 0 Å². The molecule has 0 aromatic heterocycles. The molecule has 1 aliphatic heterocycles. The Balaban J connectivity index is 2.01. The van der Waals surface area contributed by atoms with Crippen LogP contribution in [-0.4, -0.2) is 33.0 Å². The van der Waals surface area contributed by atoms with Crippen molar-refractivity contribution in [1.29, 1.82) is 0 Å². The summed E-state index contributed by atoms with van der Waals surface area (Å²) < 4.78 is 0. The summed E-state index contributed by atoms with van der Waals surface area (Å²) in [7, 11) is 0. The highest BCUT2D eigenvalue weighted by Gasteiger charge is 2.42. The molecular formula is C19H16N2O5. The molecule has 132 valence electrons. The Kier molecular flexibility index (Phi) is 3.95. The van der Waals surface area contributed by atoms with E-state index in [9.17, 15) is 24.5 Å². The molecule has 0 N–H and O–H groups in total. The summed E-state index contributed by atoms with van der Waals surface area (Å²) >= 11 is 0. The second kappa shape index (κ2) is 5.87. The van der Waals surface area contributed by atoms with Crippen molar-refractivity contribution in [2.75, 3.05) is 0 Å². The van der Waals surface area contributed by atoms with Crippen LogP contribution in [0.3, 0.4) is 0 Å². The molecule has 2 aromatic rings. The summed E-state index contributed by atoms with van der Waals surface area (Å²) in [5.74, 6) is -1.30. The molecule has 0 spiro atoms. The van der Waals surface area contributed by atoms with Gasteiger partial charge in [-0.3, -0.25) is 29.4 Å². The number of rotatable bonds is 3. The predicted octanol–water partition coefficient (Wildman–Crippen LogP) is 3.22. The fraction of sp³-hybridized carbons (Fsp3) is 0.211. The van der Waals surface area contributed by atoms with Gasteiger partial charge in [-0.05, 0) is 32.9 Å². The first kappa shape index (κ1) is 17.5. The van der Waals surface area contributed by atoms with Crippen LogP contribution < -0.4 is 0 Å². The van der Waals surface area contributed by atoms with E-state index in [1.165, 1.54) is 47.4 Å². The van der Waals surface area contributed by atoms with E-state index in [-0.39, 0.29) is 27.9 Å². The van der Waals surface area contributed by atoms with Gasteiger partial charge in [-0.15, -0.1) is 0 Å². The predicted molar refractivity (Wildman–Crippen MR) is 93.2 cm³/mol. The summed E-state index contributed by atoms with van der Waals surface area (Å²) in [6, 6.07) is 9.66. The Morgan fingerprint density at radius 1 is 0.962 bits per heavy atom. The maximum Gasteiger partial charge on any atom is 0.270 e. The summed E-state index contributed by atoms with van der Waals surface area (Å²) in [6.45, 7) is 5.26. The number of carbonyl (C=O) groups is 3. The lowest BCUT2D eigenvalue weighted by Crippen LogP contribution is -2.45. The number of fused-ring (bicyclic) bond motifs is 1. The monoisotopic (exact) mass is 352 g/mol. The number of nitrogens with zero attached hydrogens (tertiary/aromatic N) is 2. The molecular weight excluding hydrogens is 336 g/mol. The van der Waals surface area contributed by atoms with E-state index in [0.29, 0.717) is 0 Å². The van der Waals surface area contributed by atoms with Crippen molar-refractivity contribution in [3.8, 4) is 0 Å². The Labute approximate surface area is 149 Å². The topological polar surface area (TPSA) is 97.6 Å². The summed E-state index contributed by atoms with van der Waals surface area (Å²) in [5.41, 5.74) is -0.120. The molecule has 26 heavy (non-hydrogen) atoms. The number of amides is 2. The third kappa shape index (κ3) is 2.77. The standard InChI is InChI=1S/C19H16N2O5/c1-19(2,3)20-17(23)14-8-7-12(10-15(14)18(20)24)16(22)11-5-4-6-13(9-11)21(25)26/h4-10H,1-3H3. The zero-order valence-corrected chi connectivity index (χ0v) is 14.5. The van der Waals surface area contributed by atoms with Crippen molar-refractivity contribution in [1.82, 2.24) is 4.90 Å². The molecule has 0 radical (unpaired) electrons. The van der Waals surface area contributed by atoms with Crippen LogP contribution in [0, 0.1) is 10.1 Å².